The molecule has 11 heavy (non-hydrogen) atoms. The normalized spacial score (nSPS) is 21.8. The molecule has 1 aliphatic rings. The van der Waals surface area contributed by atoms with Crippen molar-refractivity contribution < 1.29 is 0 Å². The number of rotatable bonds is 2. The number of halogens is 4. The Hall–Kier alpha value is 1.53. The number of hydrogen-bond acceptors (Lipinski definition) is 0. The Morgan fingerprint density at radius 3 is 2.09 bits per heavy atom. The van der Waals surface area contributed by atoms with Crippen LogP contribution < -0.4 is 0 Å². The van der Waals surface area contributed by atoms with Crippen molar-refractivity contribution in [3.05, 3.63) is 23.7 Å². The van der Waals surface area contributed by atoms with E-state index in [4.69, 9.17) is 0 Å². The van der Waals surface area contributed by atoms with Crippen LogP contribution in [0.3, 0.4) is 0 Å². The Balaban J connectivity index is 2.63. The van der Waals surface area contributed by atoms with Gasteiger partial charge in [0, 0.05) is 0 Å². The van der Waals surface area contributed by atoms with Gasteiger partial charge in [-0.05, 0) is 5.82 Å². The van der Waals surface area contributed by atoms with Crippen molar-refractivity contribution in [3.63, 3.8) is 0 Å². The maximum Gasteiger partial charge on any atom is 0.329 e. The highest BCUT2D eigenvalue weighted by Gasteiger charge is 2.22. The fourth-order valence-corrected chi connectivity index (χ4v) is 2.13. The van der Waals surface area contributed by atoms with Gasteiger partial charge in [0.1, 0.15) is 0 Å². The van der Waals surface area contributed by atoms with E-state index in [0.717, 1.165) is 0 Å². The summed E-state index contributed by atoms with van der Waals surface area (Å²) in [5, 5.41) is 0. The maximum absolute atomic E-state index is 3.47. The molecule has 0 saturated heterocycles. The van der Waals surface area contributed by atoms with E-state index < -0.39 is 0 Å². The minimum atomic E-state index is 0.273. The van der Waals surface area contributed by atoms with Crippen LogP contribution in [0.1, 0.15) is 0 Å². The Morgan fingerprint density at radius 2 is 1.82 bits per heavy atom. The maximum atomic E-state index is 3.47. The molecule has 0 aromatic carbocycles. The monoisotopic (exact) mass is 402 g/mol. The molecule has 0 spiro atoms. The van der Waals surface area contributed by atoms with E-state index in [9.17, 15) is 0 Å². The highest BCUT2D eigenvalue weighted by Crippen LogP contribution is 2.32. The molecular weight excluding hydrogens is 401 g/mol. The van der Waals surface area contributed by atoms with Gasteiger partial charge in [-0.25, -0.2) is 0 Å². The molecule has 0 radical (unpaired) electrons. The van der Waals surface area contributed by atoms with E-state index in [1.54, 1.807) is 0 Å². The average molecular weight is 405 g/mol. The van der Waals surface area contributed by atoms with E-state index >= 15 is 0 Å². The second kappa shape index (κ2) is 4.68. The van der Waals surface area contributed by atoms with Gasteiger partial charge in [-0.1, -0.05) is 23.7 Å². The van der Waals surface area contributed by atoms with Crippen molar-refractivity contribution in [1.29, 1.82) is 0 Å². The van der Waals surface area contributed by atoms with Crippen molar-refractivity contribution in [2.75, 3.05) is 0 Å². The first-order chi connectivity index (χ1) is 5.11. The molecule has 0 bridgehead atoms. The third-order valence-corrected chi connectivity index (χ3v) is 3.72. The highest BCUT2D eigenvalue weighted by molar-refractivity contribution is 9.49. The van der Waals surface area contributed by atoms with E-state index in [1.165, 1.54) is 5.47 Å². The van der Waals surface area contributed by atoms with Gasteiger partial charge in [-0.15, -0.1) is 63.0 Å². The fourth-order valence-electron chi connectivity index (χ4n) is 0.858. The zero-order valence-corrected chi connectivity index (χ0v) is 11.8. The Labute approximate surface area is 100 Å². The van der Waals surface area contributed by atoms with E-state index in [0.29, 0.717) is 10.2 Å². The molecule has 1 unspecified atom stereocenters. The molecule has 0 N–H and O–H groups in total. The van der Waals surface area contributed by atoms with Crippen LogP contribution >= 0.6 is 63.0 Å². The molecule has 0 heterocycles. The summed E-state index contributed by atoms with van der Waals surface area (Å²) in [5.74, 6) is 0.461. The van der Waals surface area contributed by atoms with Gasteiger partial charge in [0.25, 0.3) is 0 Å². The van der Waals surface area contributed by atoms with E-state index in [2.05, 4.69) is 81.3 Å². The minimum absolute atomic E-state index is 0.273. The summed E-state index contributed by atoms with van der Waals surface area (Å²) in [6.07, 6.45) is 6.50. The quantitative estimate of drug-likeness (QED) is 0.611. The van der Waals surface area contributed by atoms with Crippen LogP contribution in [0.25, 0.3) is 0 Å². The summed E-state index contributed by atoms with van der Waals surface area (Å²) in [6.45, 7) is 0. The van der Waals surface area contributed by atoms with Gasteiger partial charge < -0.3 is 0 Å². The van der Waals surface area contributed by atoms with Crippen LogP contribution in [0.4, 0.5) is 0 Å². The predicted octanol–water partition coefficient (Wildman–Crippen LogP) is 3.95. The van der Waals surface area contributed by atoms with Crippen molar-refractivity contribution >= 4 is 71.7 Å². The van der Waals surface area contributed by atoms with Gasteiger partial charge in [0.15, 0.2) is 0 Å². The summed E-state index contributed by atoms with van der Waals surface area (Å²) in [4.78, 5) is 0. The Bertz CT molecular complexity index is 199. The van der Waals surface area contributed by atoms with Crippen LogP contribution in [0, 0.1) is 0 Å². The lowest BCUT2D eigenvalue weighted by molar-refractivity contribution is 1.41. The zero-order valence-electron chi connectivity index (χ0n) is 5.48. The lowest BCUT2D eigenvalue weighted by atomic mass is 9.86. The van der Waals surface area contributed by atoms with Crippen LogP contribution in [-0.4, -0.2) is 8.72 Å². The van der Waals surface area contributed by atoms with Gasteiger partial charge in [-0.2, -0.15) is 0 Å². The standard InChI is InChI=1S/C5H4B2Br4/c8-6(9)4-1-2-5(3-4)7(10)11/h1-4H. The lowest BCUT2D eigenvalue weighted by Crippen LogP contribution is -1.98. The molecule has 0 fully saturated rings. The van der Waals surface area contributed by atoms with Crippen molar-refractivity contribution in [3.8, 4) is 0 Å². The molecular formula is C5H4B2Br4. The molecule has 0 aromatic rings. The number of hydrogen-bond donors (Lipinski definition) is 0. The Morgan fingerprint density at radius 1 is 1.18 bits per heavy atom. The minimum Gasteiger partial charge on any atom is -0.138 e. The van der Waals surface area contributed by atoms with Gasteiger partial charge >= 0.3 is 8.72 Å². The second-order valence-corrected chi connectivity index (χ2v) is 8.50. The second-order valence-electron chi connectivity index (χ2n) is 2.24. The fraction of sp³-hybridized carbons (Fsp3) is 0.200. The van der Waals surface area contributed by atoms with Crippen molar-refractivity contribution in [2.24, 2.45) is 0 Å². The molecule has 0 amide bonds. The molecule has 58 valence electrons. The predicted molar refractivity (Wildman–Crippen MR) is 68.2 cm³/mol. The Kier molecular flexibility index (Phi) is 4.51. The van der Waals surface area contributed by atoms with Crippen LogP contribution in [0.15, 0.2) is 23.7 Å². The summed E-state index contributed by atoms with van der Waals surface area (Å²) in [5.41, 5.74) is 1.28. The van der Waals surface area contributed by atoms with E-state index in [-0.39, 0.29) is 4.36 Å². The smallest absolute Gasteiger partial charge is 0.138 e. The third-order valence-electron chi connectivity index (χ3n) is 1.44. The molecule has 1 atom stereocenters. The third kappa shape index (κ3) is 3.05. The summed E-state index contributed by atoms with van der Waals surface area (Å²) >= 11 is 13.8. The van der Waals surface area contributed by atoms with E-state index in [1.807, 2.05) is 0 Å². The summed E-state index contributed by atoms with van der Waals surface area (Å²) < 4.78 is 0.609. The van der Waals surface area contributed by atoms with Gasteiger partial charge in [-0.3, -0.25) is 0 Å². The first-order valence-corrected chi connectivity index (χ1v) is 6.73. The first kappa shape index (κ1) is 10.6. The van der Waals surface area contributed by atoms with Crippen LogP contribution in [0.5, 0.6) is 0 Å². The molecule has 0 nitrogen and oxygen atoms in total. The summed E-state index contributed by atoms with van der Waals surface area (Å²) in [6, 6.07) is 0. The highest BCUT2D eigenvalue weighted by atomic mass is 79.9. The SMILES string of the molecule is BrB(Br)C1=CC(B(Br)Br)C=C1. The van der Waals surface area contributed by atoms with Gasteiger partial charge in [0.2, 0.25) is 0 Å². The molecule has 0 aliphatic heterocycles. The topological polar surface area (TPSA) is 0 Å². The van der Waals surface area contributed by atoms with Crippen molar-refractivity contribution in [2.45, 2.75) is 5.82 Å². The summed E-state index contributed by atoms with van der Waals surface area (Å²) in [7, 11) is 0. The molecule has 0 aromatic heterocycles. The average Bonchev–Trinajstić information content (AvgIpc) is 2.33. The molecule has 1 rings (SSSR count). The van der Waals surface area contributed by atoms with Gasteiger partial charge in [0.05, 0.1) is 0 Å². The number of allylic oxidation sites excluding steroid dienone is 4. The largest absolute Gasteiger partial charge is 0.329 e. The molecule has 1 aliphatic carbocycles. The van der Waals surface area contributed by atoms with Crippen LogP contribution in [-0.2, 0) is 0 Å². The van der Waals surface area contributed by atoms with Crippen molar-refractivity contribution in [1.82, 2.24) is 0 Å². The van der Waals surface area contributed by atoms with Crippen LogP contribution in [0.2, 0.25) is 5.82 Å². The molecule has 0 saturated carbocycles. The molecule has 6 heteroatoms. The lowest BCUT2D eigenvalue weighted by Gasteiger charge is -2.00. The zero-order chi connectivity index (χ0) is 8.43. The first-order valence-electron chi connectivity index (χ1n) is 3.07.